The zero-order valence-corrected chi connectivity index (χ0v) is 8.73. The van der Waals surface area contributed by atoms with Crippen molar-refractivity contribution in [3.8, 4) is 0 Å². The molecule has 1 N–H and O–H groups in total. The Morgan fingerprint density at radius 3 is 2.31 bits per heavy atom. The van der Waals surface area contributed by atoms with E-state index in [9.17, 15) is 9.18 Å². The number of rotatable bonds is 2. The molecule has 1 fully saturated rings. The number of halogens is 1. The minimum Gasteiger partial charge on any atom is -0.353 e. The maximum Gasteiger partial charge on any atom is 0.226 e. The highest BCUT2D eigenvalue weighted by Gasteiger charge is 2.44. The largest absolute Gasteiger partial charge is 0.353 e. The standard InChI is InChI=1S/C10H18FNO/c1-6(10(2,3)4)12-9(13)7-5-8(7)11/h6-8H,5H2,1-4H3,(H,12,13). The molecule has 1 rings (SSSR count). The molecule has 0 aromatic heterocycles. The van der Waals surface area contributed by atoms with Crippen LogP contribution >= 0.6 is 0 Å². The smallest absolute Gasteiger partial charge is 0.226 e. The number of hydrogen-bond donors (Lipinski definition) is 1. The Morgan fingerprint density at radius 2 is 2.00 bits per heavy atom. The minimum absolute atomic E-state index is 0.0381. The summed E-state index contributed by atoms with van der Waals surface area (Å²) in [6, 6.07) is 0.0906. The van der Waals surface area contributed by atoms with Crippen molar-refractivity contribution in [2.75, 3.05) is 0 Å². The SMILES string of the molecule is CC(NC(=O)C1CC1F)C(C)(C)C. The van der Waals surface area contributed by atoms with Crippen molar-refractivity contribution < 1.29 is 9.18 Å². The second-order valence-corrected chi connectivity index (χ2v) is 4.95. The summed E-state index contributed by atoms with van der Waals surface area (Å²) in [5.41, 5.74) is 0.0381. The molecular formula is C10H18FNO. The summed E-state index contributed by atoms with van der Waals surface area (Å²) in [7, 11) is 0. The molecule has 0 aliphatic heterocycles. The summed E-state index contributed by atoms with van der Waals surface area (Å²) in [5, 5.41) is 2.83. The lowest BCUT2D eigenvalue weighted by Gasteiger charge is -2.28. The van der Waals surface area contributed by atoms with Gasteiger partial charge in [-0.2, -0.15) is 0 Å². The molecule has 0 aromatic carbocycles. The number of carbonyl (C=O) groups excluding carboxylic acids is 1. The lowest BCUT2D eigenvalue weighted by Crippen LogP contribution is -2.42. The van der Waals surface area contributed by atoms with Gasteiger partial charge in [0.25, 0.3) is 0 Å². The Labute approximate surface area is 78.9 Å². The van der Waals surface area contributed by atoms with Crippen molar-refractivity contribution in [1.82, 2.24) is 5.32 Å². The minimum atomic E-state index is -0.896. The van der Waals surface area contributed by atoms with Gasteiger partial charge in [0, 0.05) is 6.04 Å². The van der Waals surface area contributed by atoms with Crippen LogP contribution in [-0.4, -0.2) is 18.1 Å². The van der Waals surface area contributed by atoms with Crippen molar-refractivity contribution in [1.29, 1.82) is 0 Å². The van der Waals surface area contributed by atoms with Crippen LogP contribution in [0.15, 0.2) is 0 Å². The first-order valence-corrected chi connectivity index (χ1v) is 4.77. The molecule has 3 unspecified atom stereocenters. The van der Waals surface area contributed by atoms with Gasteiger partial charge < -0.3 is 5.32 Å². The average molecular weight is 187 g/mol. The Kier molecular flexibility index (Phi) is 2.64. The zero-order chi connectivity index (χ0) is 10.2. The fourth-order valence-corrected chi connectivity index (χ4v) is 0.972. The lowest BCUT2D eigenvalue weighted by molar-refractivity contribution is -0.124. The predicted molar refractivity (Wildman–Crippen MR) is 50.1 cm³/mol. The van der Waals surface area contributed by atoms with Crippen LogP contribution in [0.25, 0.3) is 0 Å². The maximum absolute atomic E-state index is 12.5. The van der Waals surface area contributed by atoms with E-state index < -0.39 is 6.17 Å². The Balaban J connectivity index is 2.36. The zero-order valence-electron chi connectivity index (χ0n) is 8.73. The normalized spacial score (nSPS) is 29.6. The predicted octanol–water partition coefficient (Wildman–Crippen LogP) is 1.90. The molecule has 1 saturated carbocycles. The van der Waals surface area contributed by atoms with Crippen LogP contribution in [0.5, 0.6) is 0 Å². The van der Waals surface area contributed by atoms with Gasteiger partial charge in [-0.25, -0.2) is 4.39 Å². The molecule has 76 valence electrons. The van der Waals surface area contributed by atoms with Gasteiger partial charge in [-0.1, -0.05) is 20.8 Å². The Morgan fingerprint density at radius 1 is 1.54 bits per heavy atom. The molecule has 0 spiro atoms. The average Bonchev–Trinajstić information content (AvgIpc) is 2.64. The number of alkyl halides is 1. The topological polar surface area (TPSA) is 29.1 Å². The van der Waals surface area contributed by atoms with Gasteiger partial charge in [0.2, 0.25) is 5.91 Å². The van der Waals surface area contributed by atoms with E-state index in [0.29, 0.717) is 6.42 Å². The molecule has 3 atom stereocenters. The third-order valence-corrected chi connectivity index (χ3v) is 2.71. The van der Waals surface area contributed by atoms with Gasteiger partial charge in [-0.3, -0.25) is 4.79 Å². The molecule has 13 heavy (non-hydrogen) atoms. The van der Waals surface area contributed by atoms with Crippen LogP contribution in [0, 0.1) is 11.3 Å². The van der Waals surface area contributed by atoms with E-state index in [1.165, 1.54) is 0 Å². The molecule has 0 saturated heterocycles. The van der Waals surface area contributed by atoms with Crippen LogP contribution in [-0.2, 0) is 4.79 Å². The molecule has 3 heteroatoms. The summed E-state index contributed by atoms with van der Waals surface area (Å²) in [5.74, 6) is -0.500. The number of amides is 1. The van der Waals surface area contributed by atoms with Crippen molar-refractivity contribution in [3.05, 3.63) is 0 Å². The number of carbonyl (C=O) groups is 1. The first-order valence-electron chi connectivity index (χ1n) is 4.77. The molecular weight excluding hydrogens is 169 g/mol. The van der Waals surface area contributed by atoms with Gasteiger partial charge >= 0.3 is 0 Å². The van der Waals surface area contributed by atoms with Gasteiger partial charge in [0.1, 0.15) is 6.17 Å². The van der Waals surface area contributed by atoms with Crippen molar-refractivity contribution in [3.63, 3.8) is 0 Å². The highest BCUT2D eigenvalue weighted by atomic mass is 19.1. The van der Waals surface area contributed by atoms with Crippen molar-refractivity contribution in [2.45, 2.75) is 46.3 Å². The van der Waals surface area contributed by atoms with Crippen LogP contribution in [0.4, 0.5) is 4.39 Å². The quantitative estimate of drug-likeness (QED) is 0.702. The molecule has 0 radical (unpaired) electrons. The highest BCUT2D eigenvalue weighted by molar-refractivity contribution is 5.82. The van der Waals surface area contributed by atoms with E-state index in [4.69, 9.17) is 0 Å². The molecule has 1 amide bonds. The van der Waals surface area contributed by atoms with Crippen LogP contribution in [0.2, 0.25) is 0 Å². The van der Waals surface area contributed by atoms with Crippen molar-refractivity contribution >= 4 is 5.91 Å². The number of nitrogens with one attached hydrogen (secondary N) is 1. The third kappa shape index (κ3) is 2.68. The lowest BCUT2D eigenvalue weighted by atomic mass is 9.88. The molecule has 1 aliphatic rings. The van der Waals surface area contributed by atoms with Crippen LogP contribution < -0.4 is 5.32 Å². The second-order valence-electron chi connectivity index (χ2n) is 4.95. The van der Waals surface area contributed by atoms with Crippen LogP contribution in [0.3, 0.4) is 0 Å². The first-order chi connectivity index (χ1) is 5.82. The second kappa shape index (κ2) is 3.28. The van der Waals surface area contributed by atoms with Gasteiger partial charge in [-0.05, 0) is 18.8 Å². The van der Waals surface area contributed by atoms with E-state index in [1.807, 2.05) is 6.92 Å². The van der Waals surface area contributed by atoms with E-state index in [2.05, 4.69) is 26.1 Å². The summed E-state index contributed by atoms with van der Waals surface area (Å²) in [6.07, 6.45) is -0.491. The monoisotopic (exact) mass is 187 g/mol. The summed E-state index contributed by atoms with van der Waals surface area (Å²) in [4.78, 5) is 11.3. The van der Waals surface area contributed by atoms with E-state index in [0.717, 1.165) is 0 Å². The summed E-state index contributed by atoms with van der Waals surface area (Å²) < 4.78 is 12.5. The molecule has 1 aliphatic carbocycles. The Hall–Kier alpha value is -0.600. The third-order valence-electron chi connectivity index (χ3n) is 2.71. The Bertz CT molecular complexity index is 209. The molecule has 0 heterocycles. The van der Waals surface area contributed by atoms with E-state index >= 15 is 0 Å². The van der Waals surface area contributed by atoms with E-state index in [1.54, 1.807) is 0 Å². The van der Waals surface area contributed by atoms with Gasteiger partial charge in [-0.15, -0.1) is 0 Å². The number of hydrogen-bond acceptors (Lipinski definition) is 1. The molecule has 0 bridgehead atoms. The summed E-state index contributed by atoms with van der Waals surface area (Å²) in [6.45, 7) is 8.11. The van der Waals surface area contributed by atoms with Gasteiger partial charge in [0.15, 0.2) is 0 Å². The molecule has 2 nitrogen and oxygen atoms in total. The van der Waals surface area contributed by atoms with Crippen molar-refractivity contribution in [2.24, 2.45) is 11.3 Å². The maximum atomic E-state index is 12.5. The van der Waals surface area contributed by atoms with E-state index in [-0.39, 0.29) is 23.3 Å². The highest BCUT2D eigenvalue weighted by Crippen LogP contribution is 2.34. The fraction of sp³-hybridized carbons (Fsp3) is 0.900. The fourth-order valence-electron chi connectivity index (χ4n) is 0.972. The molecule has 0 aromatic rings. The first kappa shape index (κ1) is 10.5. The van der Waals surface area contributed by atoms with Crippen LogP contribution in [0.1, 0.15) is 34.1 Å². The summed E-state index contributed by atoms with van der Waals surface area (Å²) >= 11 is 0. The van der Waals surface area contributed by atoms with Gasteiger partial charge in [0.05, 0.1) is 5.92 Å².